The maximum Gasteiger partial charge on any atom is 0.303 e. The summed E-state index contributed by atoms with van der Waals surface area (Å²) in [6, 6.07) is 0. The first kappa shape index (κ1) is 18.5. The van der Waals surface area contributed by atoms with Gasteiger partial charge in [0.25, 0.3) is 0 Å². The number of rotatable bonds is 11. The van der Waals surface area contributed by atoms with Crippen molar-refractivity contribution >= 4 is 5.97 Å². The van der Waals surface area contributed by atoms with Gasteiger partial charge >= 0.3 is 5.97 Å². The second kappa shape index (κ2) is 15.6. The van der Waals surface area contributed by atoms with Gasteiger partial charge in [-0.1, -0.05) is 62.7 Å². The Bertz CT molecular complexity index is 342. The lowest BCUT2D eigenvalue weighted by atomic mass is 10.1. The van der Waals surface area contributed by atoms with E-state index in [4.69, 9.17) is 5.11 Å². The number of hydrogen-bond acceptors (Lipinski definition) is 1. The molecule has 20 heavy (non-hydrogen) atoms. The number of carboxylic acid groups (broad SMARTS) is 1. The van der Waals surface area contributed by atoms with Crippen molar-refractivity contribution in [2.45, 2.75) is 71.1 Å². The van der Waals surface area contributed by atoms with Gasteiger partial charge in [0.2, 0.25) is 0 Å². The summed E-state index contributed by atoms with van der Waals surface area (Å²) in [4.78, 5) is 10.3. The van der Waals surface area contributed by atoms with E-state index in [-0.39, 0.29) is 0 Å². The molecule has 2 nitrogen and oxygen atoms in total. The summed E-state index contributed by atoms with van der Waals surface area (Å²) < 4.78 is 0. The van der Waals surface area contributed by atoms with Crippen molar-refractivity contribution < 1.29 is 9.90 Å². The number of carboxylic acids is 1. The SMILES string of the molecule is CCCC=CC#CCC=CCCCCCCCC(=O)O. The molecule has 0 saturated carbocycles. The summed E-state index contributed by atoms with van der Waals surface area (Å²) in [6.07, 6.45) is 18.3. The van der Waals surface area contributed by atoms with Crippen LogP contribution in [0.4, 0.5) is 0 Å². The maximum atomic E-state index is 10.3. The molecule has 0 atom stereocenters. The highest BCUT2D eigenvalue weighted by atomic mass is 16.4. The second-order valence-corrected chi connectivity index (χ2v) is 4.89. The molecule has 0 heterocycles. The van der Waals surface area contributed by atoms with Crippen LogP contribution >= 0.6 is 0 Å². The molecule has 1 N–H and O–H groups in total. The molecule has 0 bridgehead atoms. The zero-order valence-electron chi connectivity index (χ0n) is 12.7. The van der Waals surface area contributed by atoms with Gasteiger partial charge in [-0.3, -0.25) is 4.79 Å². The third-order valence-corrected chi connectivity index (χ3v) is 2.91. The summed E-state index contributed by atoms with van der Waals surface area (Å²) in [6.45, 7) is 2.16. The molecule has 0 aliphatic rings. The van der Waals surface area contributed by atoms with Gasteiger partial charge < -0.3 is 5.11 Å². The zero-order chi connectivity index (χ0) is 14.9. The van der Waals surface area contributed by atoms with Crippen LogP contribution in [0.15, 0.2) is 24.3 Å². The van der Waals surface area contributed by atoms with E-state index in [9.17, 15) is 4.79 Å². The van der Waals surface area contributed by atoms with Gasteiger partial charge in [0.15, 0.2) is 0 Å². The molecule has 112 valence electrons. The molecular formula is C18H28O2. The van der Waals surface area contributed by atoms with Crippen molar-refractivity contribution in [1.29, 1.82) is 0 Å². The monoisotopic (exact) mass is 276 g/mol. The minimum absolute atomic E-state index is 0.311. The van der Waals surface area contributed by atoms with Crippen LogP contribution in [0.25, 0.3) is 0 Å². The minimum Gasteiger partial charge on any atom is -0.481 e. The van der Waals surface area contributed by atoms with Crippen molar-refractivity contribution in [3.8, 4) is 11.8 Å². The fourth-order valence-corrected chi connectivity index (χ4v) is 1.76. The summed E-state index contributed by atoms with van der Waals surface area (Å²) in [5, 5.41) is 8.49. The molecule has 2 heteroatoms. The molecule has 0 unspecified atom stereocenters. The molecule has 0 rings (SSSR count). The fraction of sp³-hybridized carbons (Fsp3) is 0.611. The van der Waals surface area contributed by atoms with Gasteiger partial charge in [0.1, 0.15) is 0 Å². The van der Waals surface area contributed by atoms with Crippen molar-refractivity contribution in [3.63, 3.8) is 0 Å². The van der Waals surface area contributed by atoms with Gasteiger partial charge in [-0.25, -0.2) is 0 Å². The van der Waals surface area contributed by atoms with Crippen LogP contribution in [0.5, 0.6) is 0 Å². The molecule has 0 spiro atoms. The van der Waals surface area contributed by atoms with Gasteiger partial charge in [0.05, 0.1) is 0 Å². The summed E-state index contributed by atoms with van der Waals surface area (Å²) >= 11 is 0. The van der Waals surface area contributed by atoms with E-state index in [0.29, 0.717) is 6.42 Å². The van der Waals surface area contributed by atoms with Gasteiger partial charge in [-0.15, -0.1) is 0 Å². The molecule has 0 fully saturated rings. The van der Waals surface area contributed by atoms with Gasteiger partial charge in [-0.2, -0.15) is 0 Å². The van der Waals surface area contributed by atoms with Crippen molar-refractivity contribution in [3.05, 3.63) is 24.3 Å². The van der Waals surface area contributed by atoms with Crippen LogP contribution in [0.2, 0.25) is 0 Å². The average Bonchev–Trinajstić information content (AvgIpc) is 2.43. The van der Waals surface area contributed by atoms with Crippen molar-refractivity contribution in [2.24, 2.45) is 0 Å². The number of hydrogen-bond donors (Lipinski definition) is 1. The lowest BCUT2D eigenvalue weighted by Gasteiger charge is -1.97. The van der Waals surface area contributed by atoms with E-state index >= 15 is 0 Å². The average molecular weight is 276 g/mol. The summed E-state index contributed by atoms with van der Waals surface area (Å²) in [5.74, 6) is 5.44. The first-order valence-corrected chi connectivity index (χ1v) is 7.77. The first-order valence-electron chi connectivity index (χ1n) is 7.77. The van der Waals surface area contributed by atoms with Crippen molar-refractivity contribution in [1.82, 2.24) is 0 Å². The molecular weight excluding hydrogens is 248 g/mol. The Morgan fingerprint density at radius 3 is 2.50 bits per heavy atom. The number of unbranched alkanes of at least 4 members (excludes halogenated alkanes) is 6. The van der Waals surface area contributed by atoms with Crippen LogP contribution in [0.3, 0.4) is 0 Å². The molecule has 0 radical (unpaired) electrons. The Labute approximate surface area is 124 Å². The Hall–Kier alpha value is -1.49. The molecule has 0 aromatic rings. The quantitative estimate of drug-likeness (QED) is 0.323. The number of carbonyl (C=O) groups is 1. The van der Waals surface area contributed by atoms with Crippen LogP contribution < -0.4 is 0 Å². The summed E-state index contributed by atoms with van der Waals surface area (Å²) in [5.41, 5.74) is 0. The minimum atomic E-state index is -0.682. The van der Waals surface area contributed by atoms with E-state index in [1.807, 2.05) is 6.08 Å². The Morgan fingerprint density at radius 2 is 1.75 bits per heavy atom. The smallest absolute Gasteiger partial charge is 0.303 e. The lowest BCUT2D eigenvalue weighted by molar-refractivity contribution is -0.137. The Kier molecular flexibility index (Phi) is 14.4. The highest BCUT2D eigenvalue weighted by molar-refractivity contribution is 5.66. The van der Waals surface area contributed by atoms with Crippen LogP contribution in [-0.2, 0) is 4.79 Å². The largest absolute Gasteiger partial charge is 0.481 e. The highest BCUT2D eigenvalue weighted by Gasteiger charge is 1.95. The summed E-state index contributed by atoms with van der Waals surface area (Å²) in [7, 11) is 0. The van der Waals surface area contributed by atoms with E-state index in [1.54, 1.807) is 0 Å². The first-order chi connectivity index (χ1) is 9.77. The van der Waals surface area contributed by atoms with E-state index in [2.05, 4.69) is 37.0 Å². The van der Waals surface area contributed by atoms with E-state index in [1.165, 1.54) is 19.3 Å². The number of allylic oxidation sites excluding steroid dienone is 4. The standard InChI is InChI=1S/C18H28O2/c1-2-3-4-5-6-7-8-9-10-11-12-13-14-15-16-17-18(19)20/h4-5,9-10H,2-3,8,11-17H2,1H3,(H,19,20). The predicted octanol–water partition coefficient (Wildman–Crippen LogP) is 5.11. The molecule has 0 aromatic carbocycles. The second-order valence-electron chi connectivity index (χ2n) is 4.89. The third kappa shape index (κ3) is 16.5. The zero-order valence-corrected chi connectivity index (χ0v) is 12.7. The highest BCUT2D eigenvalue weighted by Crippen LogP contribution is 2.07. The van der Waals surface area contributed by atoms with Gasteiger partial charge in [-0.05, 0) is 31.8 Å². The Balaban J connectivity index is 3.29. The lowest BCUT2D eigenvalue weighted by Crippen LogP contribution is -1.93. The molecule has 0 amide bonds. The Morgan fingerprint density at radius 1 is 1.00 bits per heavy atom. The van der Waals surface area contributed by atoms with Crippen LogP contribution in [0, 0.1) is 11.8 Å². The third-order valence-electron chi connectivity index (χ3n) is 2.91. The normalized spacial score (nSPS) is 10.8. The van der Waals surface area contributed by atoms with E-state index < -0.39 is 5.97 Å². The number of aliphatic carboxylic acids is 1. The predicted molar refractivity (Wildman–Crippen MR) is 85.5 cm³/mol. The molecule has 0 aromatic heterocycles. The maximum absolute atomic E-state index is 10.3. The topological polar surface area (TPSA) is 37.3 Å². The van der Waals surface area contributed by atoms with Crippen molar-refractivity contribution in [2.75, 3.05) is 0 Å². The fourth-order valence-electron chi connectivity index (χ4n) is 1.76. The van der Waals surface area contributed by atoms with Crippen LogP contribution in [-0.4, -0.2) is 11.1 Å². The molecule has 0 saturated heterocycles. The van der Waals surface area contributed by atoms with E-state index in [0.717, 1.165) is 38.5 Å². The van der Waals surface area contributed by atoms with Gasteiger partial charge in [0, 0.05) is 12.8 Å². The van der Waals surface area contributed by atoms with Crippen LogP contribution in [0.1, 0.15) is 71.1 Å². The molecule has 0 aliphatic heterocycles. The molecule has 0 aliphatic carbocycles.